The second kappa shape index (κ2) is 12.1. The third-order valence-electron chi connectivity index (χ3n) is 8.24. The van der Waals surface area contributed by atoms with Crippen LogP contribution in [0.2, 0.25) is 0 Å². The van der Waals surface area contributed by atoms with E-state index < -0.39 is 18.2 Å². The number of amides is 4. The maximum absolute atomic E-state index is 14.2. The van der Waals surface area contributed by atoms with Crippen molar-refractivity contribution in [3.63, 3.8) is 0 Å². The lowest BCUT2D eigenvalue weighted by atomic mass is 9.93. The SMILES string of the molecule is C#CCN(C(=O)NCc1ccc(F)cc1)N1CC(=O)N2C1CN(Cc1cccc3ccccc13)C(=O)[C@@H]2C1=CC=CCC1. The van der Waals surface area contributed by atoms with E-state index in [0.29, 0.717) is 13.0 Å². The quantitative estimate of drug-likeness (QED) is 0.428. The van der Waals surface area contributed by atoms with Gasteiger partial charge in [0.1, 0.15) is 18.0 Å². The number of terminal acetylenes is 1. The summed E-state index contributed by atoms with van der Waals surface area (Å²) in [6.45, 7) is 0.563. The van der Waals surface area contributed by atoms with E-state index in [1.165, 1.54) is 17.1 Å². The molecule has 0 bridgehead atoms. The summed E-state index contributed by atoms with van der Waals surface area (Å²) >= 11 is 0. The molecule has 0 radical (unpaired) electrons. The lowest BCUT2D eigenvalue weighted by Gasteiger charge is -2.46. The summed E-state index contributed by atoms with van der Waals surface area (Å²) < 4.78 is 13.4. The fourth-order valence-electron chi connectivity index (χ4n) is 6.16. The molecule has 4 amide bonds. The topological polar surface area (TPSA) is 76.2 Å². The first-order valence-corrected chi connectivity index (χ1v) is 14.4. The number of nitrogens with zero attached hydrogens (tertiary/aromatic N) is 4. The molecule has 218 valence electrons. The van der Waals surface area contributed by atoms with Crippen molar-refractivity contribution in [3.05, 3.63) is 107 Å². The van der Waals surface area contributed by atoms with Gasteiger partial charge in [-0.25, -0.2) is 14.2 Å². The van der Waals surface area contributed by atoms with Crippen LogP contribution in [0.25, 0.3) is 10.8 Å². The summed E-state index contributed by atoms with van der Waals surface area (Å²) in [7, 11) is 0. The van der Waals surface area contributed by atoms with E-state index in [1.807, 2.05) is 60.7 Å². The number of benzene rings is 3. The van der Waals surface area contributed by atoms with E-state index in [0.717, 1.165) is 33.9 Å². The molecule has 3 aromatic rings. The van der Waals surface area contributed by atoms with E-state index in [-0.39, 0.29) is 43.8 Å². The van der Waals surface area contributed by atoms with Gasteiger partial charge in [-0.15, -0.1) is 6.42 Å². The van der Waals surface area contributed by atoms with Crippen molar-refractivity contribution >= 4 is 28.6 Å². The van der Waals surface area contributed by atoms with E-state index in [1.54, 1.807) is 26.9 Å². The van der Waals surface area contributed by atoms with Gasteiger partial charge in [0.05, 0.1) is 19.6 Å². The predicted molar refractivity (Wildman–Crippen MR) is 161 cm³/mol. The summed E-state index contributed by atoms with van der Waals surface area (Å²) in [4.78, 5) is 44.7. The van der Waals surface area contributed by atoms with Gasteiger partial charge in [-0.05, 0) is 52.4 Å². The number of carbonyl (C=O) groups is 3. The van der Waals surface area contributed by atoms with Gasteiger partial charge in [-0.1, -0.05) is 78.7 Å². The molecule has 6 rings (SSSR count). The summed E-state index contributed by atoms with van der Waals surface area (Å²) in [6.07, 6.45) is 12.4. The van der Waals surface area contributed by atoms with Crippen LogP contribution in [-0.4, -0.2) is 69.5 Å². The molecule has 3 aliphatic rings. The summed E-state index contributed by atoms with van der Waals surface area (Å²) in [5, 5.41) is 8.03. The van der Waals surface area contributed by atoms with Crippen molar-refractivity contribution in [1.82, 2.24) is 25.1 Å². The van der Waals surface area contributed by atoms with E-state index in [4.69, 9.17) is 6.42 Å². The molecule has 3 aromatic carbocycles. The van der Waals surface area contributed by atoms with Crippen LogP contribution < -0.4 is 5.32 Å². The maximum atomic E-state index is 14.2. The number of fused-ring (bicyclic) bond motifs is 2. The molecule has 1 unspecified atom stereocenters. The Labute approximate surface area is 250 Å². The van der Waals surface area contributed by atoms with Crippen LogP contribution in [-0.2, 0) is 22.7 Å². The zero-order valence-electron chi connectivity index (χ0n) is 23.7. The van der Waals surface area contributed by atoms with Crippen molar-refractivity contribution in [3.8, 4) is 12.3 Å². The Morgan fingerprint density at radius 2 is 1.86 bits per heavy atom. The number of halogens is 1. The van der Waals surface area contributed by atoms with Crippen LogP contribution in [0.1, 0.15) is 24.0 Å². The molecule has 2 fully saturated rings. The van der Waals surface area contributed by atoms with Crippen LogP contribution >= 0.6 is 0 Å². The van der Waals surface area contributed by atoms with Crippen LogP contribution in [0.3, 0.4) is 0 Å². The number of allylic oxidation sites excluding steroid dienone is 3. The molecular formula is C34H32FN5O3. The molecule has 0 aromatic heterocycles. The zero-order chi connectivity index (χ0) is 29.9. The summed E-state index contributed by atoms with van der Waals surface area (Å²) in [5.74, 6) is 1.80. The van der Waals surface area contributed by atoms with Crippen LogP contribution in [0.15, 0.2) is 90.5 Å². The highest BCUT2D eigenvalue weighted by Crippen LogP contribution is 2.34. The van der Waals surface area contributed by atoms with Crippen LogP contribution in [0.4, 0.5) is 9.18 Å². The Bertz CT molecular complexity index is 1660. The molecule has 2 atom stereocenters. The molecule has 2 aliphatic heterocycles. The van der Waals surface area contributed by atoms with Gasteiger partial charge in [0.2, 0.25) is 11.8 Å². The summed E-state index contributed by atoms with van der Waals surface area (Å²) in [6, 6.07) is 18.7. The fourth-order valence-corrected chi connectivity index (χ4v) is 6.16. The molecular weight excluding hydrogens is 545 g/mol. The first-order chi connectivity index (χ1) is 20.9. The van der Waals surface area contributed by atoms with Gasteiger partial charge in [0.25, 0.3) is 0 Å². The smallest absolute Gasteiger partial charge is 0.333 e. The number of urea groups is 1. The highest BCUT2D eigenvalue weighted by Gasteiger charge is 2.53. The van der Waals surface area contributed by atoms with Crippen LogP contribution in [0.5, 0.6) is 0 Å². The number of hydrogen-bond donors (Lipinski definition) is 1. The van der Waals surface area contributed by atoms with Gasteiger partial charge in [0, 0.05) is 13.1 Å². The lowest BCUT2D eigenvalue weighted by molar-refractivity contribution is -0.155. The number of rotatable bonds is 7. The average Bonchev–Trinajstić information content (AvgIpc) is 3.35. The maximum Gasteiger partial charge on any atom is 0.333 e. The fraction of sp³-hybridized carbons (Fsp3) is 0.265. The highest BCUT2D eigenvalue weighted by molar-refractivity contribution is 5.94. The molecule has 0 spiro atoms. The average molecular weight is 578 g/mol. The number of piperazine rings is 1. The Kier molecular flexibility index (Phi) is 7.95. The Morgan fingerprint density at radius 3 is 2.63 bits per heavy atom. The standard InChI is InChI=1S/C34H32FN5O3/c1-2-19-38(34(43)36-20-24-15-17-28(35)18-16-24)39-23-31(41)40-30(39)22-37(33(42)32(40)26-10-4-3-5-11-26)21-27-13-8-12-25-9-6-7-14-29(25)27/h1,3-4,6-10,12-18,30,32H,5,11,19-23H2,(H,36,43)/t30?,32-/m0/s1. The molecule has 2 heterocycles. The Morgan fingerprint density at radius 1 is 1.07 bits per heavy atom. The van der Waals surface area contributed by atoms with E-state index in [2.05, 4.69) is 11.2 Å². The molecule has 9 heteroatoms. The predicted octanol–water partition coefficient (Wildman–Crippen LogP) is 4.20. The highest BCUT2D eigenvalue weighted by atomic mass is 19.1. The minimum Gasteiger partial charge on any atom is -0.333 e. The minimum absolute atomic E-state index is 0.0692. The zero-order valence-corrected chi connectivity index (χ0v) is 23.7. The first-order valence-electron chi connectivity index (χ1n) is 14.4. The minimum atomic E-state index is -0.772. The third kappa shape index (κ3) is 5.62. The molecule has 2 saturated heterocycles. The number of carbonyl (C=O) groups excluding carboxylic acids is 3. The molecule has 8 nitrogen and oxygen atoms in total. The molecule has 0 saturated carbocycles. The van der Waals surface area contributed by atoms with Crippen molar-refractivity contribution in [2.24, 2.45) is 0 Å². The second-order valence-electron chi connectivity index (χ2n) is 10.9. The summed E-state index contributed by atoms with van der Waals surface area (Å²) in [5.41, 5.74) is 2.60. The molecule has 43 heavy (non-hydrogen) atoms. The second-order valence-corrected chi connectivity index (χ2v) is 10.9. The third-order valence-corrected chi connectivity index (χ3v) is 8.24. The van der Waals surface area contributed by atoms with Gasteiger partial charge < -0.3 is 15.1 Å². The Balaban J connectivity index is 1.31. The van der Waals surface area contributed by atoms with E-state index in [9.17, 15) is 18.8 Å². The number of hydrogen-bond acceptors (Lipinski definition) is 4. The first kappa shape index (κ1) is 28.2. The largest absolute Gasteiger partial charge is 0.333 e. The molecule has 1 aliphatic carbocycles. The Hall–Kier alpha value is -4.94. The number of nitrogens with one attached hydrogen (secondary N) is 1. The monoisotopic (exact) mass is 577 g/mol. The van der Waals surface area contributed by atoms with Gasteiger partial charge >= 0.3 is 6.03 Å². The number of hydrazine groups is 1. The normalized spacial score (nSPS) is 20.1. The van der Waals surface area contributed by atoms with Gasteiger partial charge in [-0.3, -0.25) is 9.59 Å². The van der Waals surface area contributed by atoms with Crippen molar-refractivity contribution in [2.45, 2.75) is 38.1 Å². The van der Waals surface area contributed by atoms with Crippen LogP contribution in [0, 0.1) is 18.2 Å². The van der Waals surface area contributed by atoms with Crippen molar-refractivity contribution < 1.29 is 18.8 Å². The van der Waals surface area contributed by atoms with Gasteiger partial charge in [0.15, 0.2) is 0 Å². The van der Waals surface area contributed by atoms with Crippen molar-refractivity contribution in [2.75, 3.05) is 19.6 Å². The van der Waals surface area contributed by atoms with Crippen molar-refractivity contribution in [1.29, 1.82) is 0 Å². The van der Waals surface area contributed by atoms with E-state index >= 15 is 0 Å². The molecule has 1 N–H and O–H groups in total. The van der Waals surface area contributed by atoms with Gasteiger partial charge in [-0.2, -0.15) is 5.01 Å². The lowest BCUT2D eigenvalue weighted by Crippen LogP contribution is -2.66.